The number of aromatic nitrogens is 1. The molecule has 40 heavy (non-hydrogen) atoms. The van der Waals surface area contributed by atoms with Gasteiger partial charge in [0, 0.05) is 42.3 Å². The molecule has 4 rings (SSSR count). The van der Waals surface area contributed by atoms with Gasteiger partial charge in [-0.3, -0.25) is 19.9 Å². The molecule has 0 spiro atoms. The van der Waals surface area contributed by atoms with Gasteiger partial charge < -0.3 is 10.5 Å². The van der Waals surface area contributed by atoms with Crippen molar-refractivity contribution < 1.29 is 32.3 Å². The number of alkyl halides is 1. The number of methoxy groups -OCH3 is 1. The van der Waals surface area contributed by atoms with Gasteiger partial charge in [-0.15, -0.1) is 0 Å². The van der Waals surface area contributed by atoms with E-state index in [2.05, 4.69) is 16.8 Å². The smallest absolute Gasteiger partial charge is 0.249 e. The summed E-state index contributed by atoms with van der Waals surface area (Å²) in [5.74, 6) is 1.22. The molecule has 1 aromatic heterocycles. The Bertz CT molecular complexity index is 1420. The predicted octanol–water partition coefficient (Wildman–Crippen LogP) is 4.55. The number of hydrogen-bond donors (Lipinski definition) is 3. The number of hydroxylamine groups is 1. The summed E-state index contributed by atoms with van der Waals surface area (Å²) in [5.41, 5.74) is 8.21. The number of carbonyl (C=O) groups excluding carboxylic acids is 1. The molecule has 11 heteroatoms. The number of pyridine rings is 1. The van der Waals surface area contributed by atoms with Gasteiger partial charge in [0.15, 0.2) is 17.5 Å². The minimum atomic E-state index is -1.55. The molecule has 1 fully saturated rings. The van der Waals surface area contributed by atoms with Crippen LogP contribution in [-0.2, 0) is 11.3 Å². The third-order valence-corrected chi connectivity index (χ3v) is 7.52. The number of rotatable bonds is 8. The molecule has 0 radical (unpaired) electrons. The Morgan fingerprint density at radius 1 is 1.23 bits per heavy atom. The van der Waals surface area contributed by atoms with Crippen LogP contribution in [0, 0.1) is 34.7 Å². The summed E-state index contributed by atoms with van der Waals surface area (Å²) in [6, 6.07) is 6.85. The van der Waals surface area contributed by atoms with Crippen molar-refractivity contribution in [2.24, 2.45) is 11.1 Å². The Hall–Kier alpha value is -3.72. The number of fused-ring (bicyclic) bond motifs is 1. The molecule has 0 aliphatic carbocycles. The maximum atomic E-state index is 15.9. The van der Waals surface area contributed by atoms with Crippen LogP contribution in [0.25, 0.3) is 10.9 Å². The monoisotopic (exact) mass is 558 g/mol. The van der Waals surface area contributed by atoms with Gasteiger partial charge in [0.1, 0.15) is 11.9 Å². The second-order valence-electron chi connectivity index (χ2n) is 9.84. The Kier molecular flexibility index (Phi) is 9.25. The SMILES string of the molecule is COc1ccc2ncc(CN)c(C(F)CCC3(C(=O)NO)CCN(CC#Cc4cc(F)c(F)c(F)c4)CC3)c2c1. The van der Waals surface area contributed by atoms with Crippen molar-refractivity contribution in [3.05, 3.63) is 70.7 Å². The molecule has 7 nitrogen and oxygen atoms in total. The van der Waals surface area contributed by atoms with Crippen molar-refractivity contribution in [3.63, 3.8) is 0 Å². The van der Waals surface area contributed by atoms with E-state index < -0.39 is 34.9 Å². The summed E-state index contributed by atoms with van der Waals surface area (Å²) < 4.78 is 61.2. The molecular formula is C29H30F4N4O3. The molecule has 2 aromatic carbocycles. The first kappa shape index (κ1) is 29.3. The average Bonchev–Trinajstić information content (AvgIpc) is 2.97. The zero-order valence-electron chi connectivity index (χ0n) is 21.9. The maximum absolute atomic E-state index is 15.9. The molecular weight excluding hydrogens is 528 g/mol. The van der Waals surface area contributed by atoms with Crippen LogP contribution in [0.2, 0.25) is 0 Å². The van der Waals surface area contributed by atoms with Gasteiger partial charge in [0.05, 0.1) is 24.6 Å². The summed E-state index contributed by atoms with van der Waals surface area (Å²) in [5, 5.41) is 10.0. The van der Waals surface area contributed by atoms with Crippen LogP contribution in [0.15, 0.2) is 36.5 Å². The van der Waals surface area contributed by atoms with Gasteiger partial charge in [-0.05, 0) is 61.6 Å². The normalized spacial score (nSPS) is 15.8. The zero-order valence-corrected chi connectivity index (χ0v) is 21.9. The van der Waals surface area contributed by atoms with E-state index >= 15 is 4.39 Å². The van der Waals surface area contributed by atoms with E-state index in [1.54, 1.807) is 29.9 Å². The Balaban J connectivity index is 1.46. The highest BCUT2D eigenvalue weighted by atomic mass is 19.2. The maximum Gasteiger partial charge on any atom is 0.249 e. The molecule has 2 heterocycles. The third-order valence-electron chi connectivity index (χ3n) is 7.52. The average molecular weight is 559 g/mol. The molecule has 3 aromatic rings. The van der Waals surface area contributed by atoms with Crippen molar-refractivity contribution >= 4 is 16.8 Å². The molecule has 1 aliphatic heterocycles. The number of piperidine rings is 1. The minimum Gasteiger partial charge on any atom is -0.497 e. The fourth-order valence-electron chi connectivity index (χ4n) is 5.17. The highest BCUT2D eigenvalue weighted by Gasteiger charge is 2.41. The van der Waals surface area contributed by atoms with Crippen molar-refractivity contribution in [1.82, 2.24) is 15.4 Å². The van der Waals surface area contributed by atoms with Crippen LogP contribution in [0.3, 0.4) is 0 Å². The molecule has 1 aliphatic rings. The van der Waals surface area contributed by atoms with Crippen LogP contribution < -0.4 is 16.0 Å². The molecule has 1 atom stereocenters. The first-order valence-electron chi connectivity index (χ1n) is 12.8. The van der Waals surface area contributed by atoms with Crippen molar-refractivity contribution in [1.29, 1.82) is 0 Å². The third kappa shape index (κ3) is 6.20. The van der Waals surface area contributed by atoms with Gasteiger partial charge >= 0.3 is 0 Å². The van der Waals surface area contributed by atoms with Gasteiger partial charge in [-0.25, -0.2) is 23.0 Å². The van der Waals surface area contributed by atoms with E-state index in [1.165, 1.54) is 7.11 Å². The molecule has 1 saturated heterocycles. The van der Waals surface area contributed by atoms with Crippen molar-refractivity contribution in [2.75, 3.05) is 26.7 Å². The fraction of sp³-hybridized carbons (Fsp3) is 0.379. The highest BCUT2D eigenvalue weighted by molar-refractivity contribution is 5.85. The Morgan fingerprint density at radius 3 is 2.55 bits per heavy atom. The Morgan fingerprint density at radius 2 is 1.93 bits per heavy atom. The van der Waals surface area contributed by atoms with Gasteiger partial charge in [0.2, 0.25) is 5.91 Å². The summed E-state index contributed by atoms with van der Waals surface area (Å²) in [6.07, 6.45) is 0.968. The lowest BCUT2D eigenvalue weighted by Crippen LogP contribution is -2.48. The lowest BCUT2D eigenvalue weighted by atomic mass is 9.73. The lowest BCUT2D eigenvalue weighted by molar-refractivity contribution is -0.143. The van der Waals surface area contributed by atoms with Gasteiger partial charge in [0.25, 0.3) is 0 Å². The summed E-state index contributed by atoms with van der Waals surface area (Å²) in [7, 11) is 1.52. The van der Waals surface area contributed by atoms with Crippen LogP contribution in [0.4, 0.5) is 17.6 Å². The number of likely N-dealkylation sites (tertiary alicyclic amines) is 1. The number of nitrogens with two attached hydrogens (primary N) is 1. The summed E-state index contributed by atoms with van der Waals surface area (Å²) in [6.45, 7) is 1.18. The minimum absolute atomic E-state index is 0.00880. The zero-order chi connectivity index (χ0) is 28.9. The van der Waals surface area contributed by atoms with Crippen molar-refractivity contribution in [3.8, 4) is 17.6 Å². The largest absolute Gasteiger partial charge is 0.497 e. The molecule has 0 bridgehead atoms. The first-order chi connectivity index (χ1) is 19.2. The summed E-state index contributed by atoms with van der Waals surface area (Å²) in [4.78, 5) is 19.1. The number of halogens is 4. The number of benzene rings is 2. The van der Waals surface area contributed by atoms with E-state index in [0.29, 0.717) is 53.7 Å². The number of amides is 1. The number of hydrogen-bond acceptors (Lipinski definition) is 6. The molecule has 1 amide bonds. The molecule has 0 saturated carbocycles. The number of nitrogens with zero attached hydrogens (tertiary/aromatic N) is 2. The lowest BCUT2D eigenvalue weighted by Gasteiger charge is -2.40. The van der Waals surface area contributed by atoms with Crippen LogP contribution in [0.1, 0.15) is 48.5 Å². The van der Waals surface area contributed by atoms with E-state index in [4.69, 9.17) is 10.5 Å². The highest BCUT2D eigenvalue weighted by Crippen LogP contribution is 2.41. The van der Waals surface area contributed by atoms with Crippen LogP contribution in [-0.4, -0.2) is 47.7 Å². The van der Waals surface area contributed by atoms with Gasteiger partial charge in [-0.2, -0.15) is 0 Å². The Labute approximate surface area is 229 Å². The predicted molar refractivity (Wildman–Crippen MR) is 140 cm³/mol. The second kappa shape index (κ2) is 12.6. The topological polar surface area (TPSA) is 101 Å². The van der Waals surface area contributed by atoms with E-state index in [0.717, 1.165) is 12.1 Å². The molecule has 1 unspecified atom stereocenters. The van der Waals surface area contributed by atoms with Crippen LogP contribution >= 0.6 is 0 Å². The summed E-state index contributed by atoms with van der Waals surface area (Å²) >= 11 is 0. The quantitative estimate of drug-likeness (QED) is 0.123. The number of carbonyl (C=O) groups is 1. The van der Waals surface area contributed by atoms with E-state index in [9.17, 15) is 23.2 Å². The number of ether oxygens (including phenoxy) is 1. The first-order valence-corrected chi connectivity index (χ1v) is 12.8. The molecule has 4 N–H and O–H groups in total. The van der Waals surface area contributed by atoms with Crippen molar-refractivity contribution in [2.45, 2.75) is 38.4 Å². The standard InChI is InChI=1S/C29H30F4N4O3/c1-40-20-4-5-25-21(15-20)26(19(16-34)17-35-25)22(30)6-7-29(28(38)36-39)8-11-37(12-9-29)10-2-3-18-13-23(31)27(33)24(32)14-18/h4-5,13-15,17,22,39H,6-12,16,34H2,1H3,(H,36,38). The number of nitrogens with one attached hydrogen (secondary N) is 1. The second-order valence-corrected chi connectivity index (χ2v) is 9.84. The molecule has 212 valence electrons. The van der Waals surface area contributed by atoms with Crippen LogP contribution in [0.5, 0.6) is 5.75 Å². The van der Waals surface area contributed by atoms with E-state index in [-0.39, 0.29) is 31.5 Å². The van der Waals surface area contributed by atoms with E-state index in [1.807, 2.05) is 4.90 Å². The van der Waals surface area contributed by atoms with Gasteiger partial charge in [-0.1, -0.05) is 11.8 Å². The fourth-order valence-corrected chi connectivity index (χ4v) is 5.17.